The predicted molar refractivity (Wildman–Crippen MR) is 60.3 cm³/mol. The highest BCUT2D eigenvalue weighted by Gasteiger charge is 2.35. The maximum absolute atomic E-state index is 12.1. The molecule has 1 N–H and O–H groups in total. The van der Waals surface area contributed by atoms with E-state index in [2.05, 4.69) is 10.2 Å². The first kappa shape index (κ1) is 12.3. The number of hydrogen-bond donors (Lipinski definition) is 1. The van der Waals surface area contributed by atoms with E-state index in [1.807, 2.05) is 0 Å². The Morgan fingerprint density at radius 2 is 2.22 bits per heavy atom. The quantitative estimate of drug-likeness (QED) is 0.823. The molecule has 2 rings (SSSR count). The average molecular weight is 251 g/mol. The number of amides is 1. The molecule has 1 saturated heterocycles. The van der Waals surface area contributed by atoms with Crippen LogP contribution in [0.5, 0.6) is 5.88 Å². The maximum atomic E-state index is 12.1. The highest BCUT2D eigenvalue weighted by atomic mass is 16.5. The third kappa shape index (κ3) is 2.24. The summed E-state index contributed by atoms with van der Waals surface area (Å²) in [4.78, 5) is 24.4. The third-order valence-corrected chi connectivity index (χ3v) is 2.87. The number of rotatable bonds is 3. The van der Waals surface area contributed by atoms with Gasteiger partial charge in [0.2, 0.25) is 5.88 Å². The smallest absolute Gasteiger partial charge is 0.326 e. The van der Waals surface area contributed by atoms with Crippen LogP contribution in [0.2, 0.25) is 0 Å². The maximum Gasteiger partial charge on any atom is 0.326 e. The molecule has 0 saturated carbocycles. The monoisotopic (exact) mass is 251 g/mol. The van der Waals surface area contributed by atoms with Gasteiger partial charge in [-0.05, 0) is 18.9 Å². The molecule has 1 unspecified atom stereocenters. The number of carboxylic acids is 1. The fourth-order valence-electron chi connectivity index (χ4n) is 1.96. The van der Waals surface area contributed by atoms with E-state index in [0.29, 0.717) is 25.3 Å². The number of hydrogen-bond acceptors (Lipinski definition) is 5. The van der Waals surface area contributed by atoms with Crippen LogP contribution >= 0.6 is 0 Å². The van der Waals surface area contributed by atoms with E-state index >= 15 is 0 Å². The number of aliphatic carboxylic acids is 1. The summed E-state index contributed by atoms with van der Waals surface area (Å²) in [6.45, 7) is 0.434. The van der Waals surface area contributed by atoms with Gasteiger partial charge in [0.25, 0.3) is 5.91 Å². The van der Waals surface area contributed by atoms with Gasteiger partial charge in [-0.2, -0.15) is 0 Å². The van der Waals surface area contributed by atoms with Crippen molar-refractivity contribution in [2.24, 2.45) is 0 Å². The molecule has 0 bridgehead atoms. The summed E-state index contributed by atoms with van der Waals surface area (Å²) < 4.78 is 4.84. The molecule has 0 spiro atoms. The van der Waals surface area contributed by atoms with E-state index in [9.17, 15) is 9.59 Å². The van der Waals surface area contributed by atoms with Crippen LogP contribution in [0.1, 0.15) is 23.3 Å². The van der Waals surface area contributed by atoms with Crippen molar-refractivity contribution in [3.8, 4) is 5.88 Å². The first-order valence-corrected chi connectivity index (χ1v) is 5.55. The molecule has 7 nitrogen and oxygen atoms in total. The topological polar surface area (TPSA) is 92.6 Å². The number of methoxy groups -OCH3 is 1. The second-order valence-electron chi connectivity index (χ2n) is 3.96. The van der Waals surface area contributed by atoms with Crippen molar-refractivity contribution >= 4 is 11.9 Å². The van der Waals surface area contributed by atoms with Gasteiger partial charge in [0.1, 0.15) is 6.04 Å². The summed E-state index contributed by atoms with van der Waals surface area (Å²) in [6.07, 6.45) is 1.16. The molecule has 1 amide bonds. The molecular weight excluding hydrogens is 238 g/mol. The first-order valence-electron chi connectivity index (χ1n) is 5.55. The van der Waals surface area contributed by atoms with Crippen molar-refractivity contribution in [1.82, 2.24) is 15.1 Å². The molecule has 0 aliphatic carbocycles. The second kappa shape index (κ2) is 4.99. The zero-order valence-corrected chi connectivity index (χ0v) is 9.87. The van der Waals surface area contributed by atoms with Crippen LogP contribution in [0, 0.1) is 0 Å². The Bertz CT molecular complexity index is 460. The molecule has 1 aliphatic heterocycles. The van der Waals surface area contributed by atoms with E-state index in [-0.39, 0.29) is 5.69 Å². The van der Waals surface area contributed by atoms with E-state index in [0.717, 1.165) is 0 Å². The highest BCUT2D eigenvalue weighted by Crippen LogP contribution is 2.19. The molecule has 1 aromatic rings. The lowest BCUT2D eigenvalue weighted by molar-refractivity contribution is -0.141. The number of ether oxygens (including phenoxy) is 1. The van der Waals surface area contributed by atoms with Gasteiger partial charge in [0.05, 0.1) is 7.11 Å². The zero-order chi connectivity index (χ0) is 13.1. The second-order valence-corrected chi connectivity index (χ2v) is 3.96. The Balaban J connectivity index is 2.17. The molecule has 1 atom stereocenters. The molecule has 2 heterocycles. The summed E-state index contributed by atoms with van der Waals surface area (Å²) in [6, 6.07) is 2.23. The summed E-state index contributed by atoms with van der Waals surface area (Å²) >= 11 is 0. The summed E-state index contributed by atoms with van der Waals surface area (Å²) in [7, 11) is 1.45. The van der Waals surface area contributed by atoms with Crippen molar-refractivity contribution in [2.75, 3.05) is 13.7 Å². The fourth-order valence-corrected chi connectivity index (χ4v) is 1.96. The van der Waals surface area contributed by atoms with Crippen molar-refractivity contribution in [3.63, 3.8) is 0 Å². The SMILES string of the molecule is COc1ccc(C(=O)N2CCCC2C(=O)O)nn1. The Labute approximate surface area is 103 Å². The minimum atomic E-state index is -0.984. The minimum Gasteiger partial charge on any atom is -0.480 e. The highest BCUT2D eigenvalue weighted by molar-refractivity contribution is 5.95. The van der Waals surface area contributed by atoms with Gasteiger partial charge in [-0.1, -0.05) is 0 Å². The number of carbonyl (C=O) groups excluding carboxylic acids is 1. The molecule has 0 radical (unpaired) electrons. The van der Waals surface area contributed by atoms with Crippen LogP contribution in [0.3, 0.4) is 0 Å². The lowest BCUT2D eigenvalue weighted by Crippen LogP contribution is -2.40. The van der Waals surface area contributed by atoms with E-state index < -0.39 is 17.9 Å². The summed E-state index contributed by atoms with van der Waals surface area (Å²) in [5.74, 6) is -1.08. The molecule has 1 aromatic heterocycles. The number of likely N-dealkylation sites (tertiary alicyclic amines) is 1. The van der Waals surface area contributed by atoms with Crippen LogP contribution < -0.4 is 4.74 Å². The van der Waals surface area contributed by atoms with Crippen LogP contribution in [0.4, 0.5) is 0 Å². The molecule has 0 aromatic carbocycles. The van der Waals surface area contributed by atoms with Gasteiger partial charge in [0, 0.05) is 12.6 Å². The molecule has 1 aliphatic rings. The normalized spacial score (nSPS) is 18.7. The molecule has 96 valence electrons. The number of carbonyl (C=O) groups is 2. The lowest BCUT2D eigenvalue weighted by Gasteiger charge is -2.20. The van der Waals surface area contributed by atoms with Crippen molar-refractivity contribution in [3.05, 3.63) is 17.8 Å². The lowest BCUT2D eigenvalue weighted by atomic mass is 10.2. The van der Waals surface area contributed by atoms with Crippen LogP contribution in [0.25, 0.3) is 0 Å². The van der Waals surface area contributed by atoms with Gasteiger partial charge < -0.3 is 14.7 Å². The largest absolute Gasteiger partial charge is 0.480 e. The Kier molecular flexibility index (Phi) is 3.40. The molecule has 7 heteroatoms. The standard InChI is InChI=1S/C11H13N3O4/c1-18-9-5-4-7(12-13-9)10(15)14-6-2-3-8(14)11(16)17/h4-5,8H,2-3,6H2,1H3,(H,16,17). The first-order chi connectivity index (χ1) is 8.63. The number of carboxylic acid groups (broad SMARTS) is 1. The van der Waals surface area contributed by atoms with Crippen molar-refractivity contribution in [1.29, 1.82) is 0 Å². The van der Waals surface area contributed by atoms with Crippen molar-refractivity contribution < 1.29 is 19.4 Å². The Hall–Kier alpha value is -2.18. The third-order valence-electron chi connectivity index (χ3n) is 2.87. The van der Waals surface area contributed by atoms with Gasteiger partial charge >= 0.3 is 5.97 Å². The van der Waals surface area contributed by atoms with Gasteiger partial charge in [-0.25, -0.2) is 4.79 Å². The molecular formula is C11H13N3O4. The van der Waals surface area contributed by atoms with E-state index in [1.165, 1.54) is 24.1 Å². The average Bonchev–Trinajstić information content (AvgIpc) is 2.87. The minimum absolute atomic E-state index is 0.129. The Morgan fingerprint density at radius 1 is 1.44 bits per heavy atom. The zero-order valence-electron chi connectivity index (χ0n) is 9.87. The van der Waals surface area contributed by atoms with E-state index in [4.69, 9.17) is 9.84 Å². The molecule has 18 heavy (non-hydrogen) atoms. The predicted octanol–water partition coefficient (Wildman–Crippen LogP) is 0.174. The van der Waals surface area contributed by atoms with Crippen molar-refractivity contribution in [2.45, 2.75) is 18.9 Å². The van der Waals surface area contributed by atoms with Crippen LogP contribution in [0.15, 0.2) is 12.1 Å². The fraction of sp³-hybridized carbons (Fsp3) is 0.455. The molecule has 1 fully saturated rings. The number of aromatic nitrogens is 2. The summed E-state index contributed by atoms with van der Waals surface area (Å²) in [5.41, 5.74) is 0.129. The van der Waals surface area contributed by atoms with Gasteiger partial charge in [-0.3, -0.25) is 4.79 Å². The van der Waals surface area contributed by atoms with Crippen LogP contribution in [-0.4, -0.2) is 51.8 Å². The number of nitrogens with zero attached hydrogens (tertiary/aromatic N) is 3. The van der Waals surface area contributed by atoms with Gasteiger partial charge in [0.15, 0.2) is 5.69 Å². The van der Waals surface area contributed by atoms with E-state index in [1.54, 1.807) is 0 Å². The van der Waals surface area contributed by atoms with Gasteiger partial charge in [-0.15, -0.1) is 10.2 Å². The van der Waals surface area contributed by atoms with Crippen LogP contribution in [-0.2, 0) is 4.79 Å². The summed E-state index contributed by atoms with van der Waals surface area (Å²) in [5, 5.41) is 16.4. The Morgan fingerprint density at radius 3 is 2.78 bits per heavy atom.